The summed E-state index contributed by atoms with van der Waals surface area (Å²) in [6.07, 6.45) is 1.27. The first-order valence-corrected chi connectivity index (χ1v) is 6.44. The zero-order chi connectivity index (χ0) is 16.2. The van der Waals surface area contributed by atoms with Crippen LogP contribution < -0.4 is 11.1 Å². The van der Waals surface area contributed by atoms with E-state index in [1.807, 2.05) is 20.8 Å². The number of hydrogen-bond donors (Lipinski definition) is 3. The van der Waals surface area contributed by atoms with Gasteiger partial charge in [0.25, 0.3) is 11.8 Å². The Bertz CT molecular complexity index is 475. The second-order valence-corrected chi connectivity index (χ2v) is 5.82. The molecule has 0 fully saturated rings. The van der Waals surface area contributed by atoms with E-state index in [0.717, 1.165) is 12.2 Å². The molecule has 8 heteroatoms. The molecular weight excluding hydrogens is 276 g/mol. The molecule has 1 atom stereocenters. The van der Waals surface area contributed by atoms with Gasteiger partial charge in [-0.25, -0.2) is 9.69 Å². The van der Waals surface area contributed by atoms with Gasteiger partial charge >= 0.3 is 5.97 Å². The second-order valence-electron chi connectivity index (χ2n) is 5.82. The zero-order valence-electron chi connectivity index (χ0n) is 12.3. The van der Waals surface area contributed by atoms with Crippen molar-refractivity contribution >= 4 is 23.7 Å². The molecule has 1 rings (SSSR count). The lowest BCUT2D eigenvalue weighted by atomic mass is 9.93. The first-order chi connectivity index (χ1) is 9.61. The van der Waals surface area contributed by atoms with E-state index in [4.69, 9.17) is 15.9 Å². The van der Waals surface area contributed by atoms with Crippen LogP contribution in [0.1, 0.15) is 27.2 Å². The Morgan fingerprint density at radius 3 is 2.33 bits per heavy atom. The largest absolute Gasteiger partial charge is 0.463 e. The van der Waals surface area contributed by atoms with Crippen molar-refractivity contribution < 1.29 is 19.1 Å². The fraction of sp³-hybridized carbons (Fsp3) is 0.538. The minimum atomic E-state index is -1.43. The third-order valence-corrected chi connectivity index (χ3v) is 2.71. The van der Waals surface area contributed by atoms with Gasteiger partial charge in [0.15, 0.2) is 5.96 Å². The normalized spacial score (nSPS) is 16.0. The van der Waals surface area contributed by atoms with Crippen LogP contribution in [0.2, 0.25) is 0 Å². The van der Waals surface area contributed by atoms with Crippen LogP contribution in [-0.4, -0.2) is 41.4 Å². The maximum Gasteiger partial charge on any atom is 0.350 e. The van der Waals surface area contributed by atoms with E-state index in [2.05, 4.69) is 5.32 Å². The number of esters is 1. The summed E-state index contributed by atoms with van der Waals surface area (Å²) in [5.74, 6) is -2.70. The molecule has 4 N–H and O–H groups in total. The summed E-state index contributed by atoms with van der Waals surface area (Å²) in [6.45, 7) is 6.11. The molecule has 0 saturated carbocycles. The highest BCUT2D eigenvalue weighted by Crippen LogP contribution is 2.18. The van der Waals surface area contributed by atoms with Crippen molar-refractivity contribution in [1.82, 2.24) is 10.2 Å². The van der Waals surface area contributed by atoms with Gasteiger partial charge < -0.3 is 15.8 Å². The molecule has 0 spiro atoms. The Morgan fingerprint density at radius 2 is 1.90 bits per heavy atom. The molecular formula is C13H20N4O4. The van der Waals surface area contributed by atoms with Crippen LogP contribution in [0.3, 0.4) is 0 Å². The SMILES string of the molecule is CC(C)(C)CCOC(=O)C(NC(=N)N)N1C(=O)C=CC1=O. The number of ether oxygens (including phenoxy) is 1. The predicted molar refractivity (Wildman–Crippen MR) is 74.9 cm³/mol. The first-order valence-electron chi connectivity index (χ1n) is 6.44. The summed E-state index contributed by atoms with van der Waals surface area (Å²) in [6, 6.07) is 0. The Hall–Kier alpha value is -2.38. The monoisotopic (exact) mass is 296 g/mol. The maximum absolute atomic E-state index is 12.0. The van der Waals surface area contributed by atoms with Crippen LogP contribution in [0.5, 0.6) is 0 Å². The molecule has 0 aromatic carbocycles. The lowest BCUT2D eigenvalue weighted by molar-refractivity contribution is -0.158. The maximum atomic E-state index is 12.0. The number of rotatable bonds is 5. The Balaban J connectivity index is 2.74. The van der Waals surface area contributed by atoms with Crippen LogP contribution in [0.4, 0.5) is 0 Å². The van der Waals surface area contributed by atoms with E-state index in [0.29, 0.717) is 11.3 Å². The number of nitrogens with two attached hydrogens (primary N) is 1. The van der Waals surface area contributed by atoms with Gasteiger partial charge in [-0.3, -0.25) is 15.0 Å². The molecule has 116 valence electrons. The van der Waals surface area contributed by atoms with Gasteiger partial charge in [0, 0.05) is 12.2 Å². The quantitative estimate of drug-likeness (QED) is 0.277. The van der Waals surface area contributed by atoms with Crippen molar-refractivity contribution in [3.05, 3.63) is 12.2 Å². The van der Waals surface area contributed by atoms with Crippen molar-refractivity contribution in [2.45, 2.75) is 33.4 Å². The number of nitrogens with one attached hydrogen (secondary N) is 2. The molecule has 1 aliphatic heterocycles. The molecule has 0 aromatic rings. The van der Waals surface area contributed by atoms with Crippen LogP contribution in [-0.2, 0) is 19.1 Å². The molecule has 0 saturated heterocycles. The van der Waals surface area contributed by atoms with Gasteiger partial charge in [-0.1, -0.05) is 20.8 Å². The van der Waals surface area contributed by atoms with Crippen LogP contribution in [0.15, 0.2) is 12.2 Å². The molecule has 8 nitrogen and oxygen atoms in total. The molecule has 0 radical (unpaired) electrons. The molecule has 21 heavy (non-hydrogen) atoms. The summed E-state index contributed by atoms with van der Waals surface area (Å²) < 4.78 is 5.06. The summed E-state index contributed by atoms with van der Waals surface area (Å²) in [4.78, 5) is 35.9. The Labute approximate surface area is 122 Å². The van der Waals surface area contributed by atoms with Crippen LogP contribution in [0, 0.1) is 10.8 Å². The van der Waals surface area contributed by atoms with Gasteiger partial charge in [0.2, 0.25) is 6.17 Å². The third kappa shape index (κ3) is 4.90. The number of imide groups is 1. The Kier molecular flexibility index (Phi) is 5.07. The minimum Gasteiger partial charge on any atom is -0.463 e. The van der Waals surface area contributed by atoms with Gasteiger partial charge in [-0.15, -0.1) is 0 Å². The van der Waals surface area contributed by atoms with Crippen molar-refractivity contribution in [3.8, 4) is 0 Å². The number of nitrogens with zero attached hydrogens (tertiary/aromatic N) is 1. The van der Waals surface area contributed by atoms with E-state index in [1.54, 1.807) is 0 Å². The smallest absolute Gasteiger partial charge is 0.350 e. The van der Waals surface area contributed by atoms with Gasteiger partial charge in [-0.2, -0.15) is 0 Å². The van der Waals surface area contributed by atoms with E-state index < -0.39 is 29.9 Å². The average Bonchev–Trinajstić information content (AvgIpc) is 2.64. The Morgan fingerprint density at radius 1 is 1.38 bits per heavy atom. The van der Waals surface area contributed by atoms with Crippen molar-refractivity contribution in [1.29, 1.82) is 5.41 Å². The van der Waals surface area contributed by atoms with Crippen LogP contribution >= 0.6 is 0 Å². The third-order valence-electron chi connectivity index (χ3n) is 2.71. The van der Waals surface area contributed by atoms with Crippen molar-refractivity contribution in [2.75, 3.05) is 6.61 Å². The van der Waals surface area contributed by atoms with Crippen LogP contribution in [0.25, 0.3) is 0 Å². The topological polar surface area (TPSA) is 126 Å². The summed E-state index contributed by atoms with van der Waals surface area (Å²) in [5.41, 5.74) is 5.16. The lowest BCUT2D eigenvalue weighted by Gasteiger charge is -2.26. The molecule has 1 unspecified atom stereocenters. The first kappa shape index (κ1) is 16.7. The molecule has 1 aliphatic rings. The molecule has 0 bridgehead atoms. The number of guanidine groups is 1. The zero-order valence-corrected chi connectivity index (χ0v) is 12.3. The van der Waals surface area contributed by atoms with Crippen molar-refractivity contribution in [2.24, 2.45) is 11.1 Å². The van der Waals surface area contributed by atoms with Gasteiger partial charge in [-0.05, 0) is 11.8 Å². The molecule has 1 heterocycles. The fourth-order valence-corrected chi connectivity index (χ4v) is 1.58. The van der Waals surface area contributed by atoms with Crippen molar-refractivity contribution in [3.63, 3.8) is 0 Å². The number of hydrogen-bond acceptors (Lipinski definition) is 5. The predicted octanol–water partition coefficient (Wildman–Crippen LogP) is -0.300. The molecule has 0 aromatic heterocycles. The van der Waals surface area contributed by atoms with Gasteiger partial charge in [0.05, 0.1) is 6.61 Å². The van der Waals surface area contributed by atoms with Gasteiger partial charge in [0.1, 0.15) is 0 Å². The average molecular weight is 296 g/mol. The van der Waals surface area contributed by atoms with E-state index >= 15 is 0 Å². The minimum absolute atomic E-state index is 0.0232. The van der Waals surface area contributed by atoms with E-state index in [1.165, 1.54) is 0 Å². The standard InChI is InChI=1S/C13H20N4O4/c1-13(2,3)6-7-21-11(20)10(16-12(14)15)17-8(18)4-5-9(17)19/h4-5,10H,6-7H2,1-3H3,(H4,14,15,16). The fourth-order valence-electron chi connectivity index (χ4n) is 1.58. The molecule has 0 aliphatic carbocycles. The summed E-state index contributed by atoms with van der Waals surface area (Å²) in [5, 5.41) is 9.44. The highest BCUT2D eigenvalue weighted by Gasteiger charge is 2.37. The highest BCUT2D eigenvalue weighted by atomic mass is 16.5. The number of carbonyl (C=O) groups is 3. The van der Waals surface area contributed by atoms with E-state index in [9.17, 15) is 14.4 Å². The summed E-state index contributed by atoms with van der Waals surface area (Å²) in [7, 11) is 0. The molecule has 2 amide bonds. The van der Waals surface area contributed by atoms with E-state index in [-0.39, 0.29) is 12.0 Å². The summed E-state index contributed by atoms with van der Waals surface area (Å²) >= 11 is 0. The highest BCUT2D eigenvalue weighted by molar-refractivity contribution is 6.15. The lowest BCUT2D eigenvalue weighted by Crippen LogP contribution is -2.57. The second kappa shape index (κ2) is 6.38. The number of carbonyl (C=O) groups excluding carboxylic acids is 3. The number of amides is 2.